The van der Waals surface area contributed by atoms with E-state index in [1.807, 2.05) is 12.1 Å². The van der Waals surface area contributed by atoms with Gasteiger partial charge in [0.15, 0.2) is 0 Å². The summed E-state index contributed by atoms with van der Waals surface area (Å²) in [5.74, 6) is 0.125. The fraction of sp³-hybridized carbons (Fsp3) is 0.286. The van der Waals surface area contributed by atoms with Crippen molar-refractivity contribution in [1.82, 2.24) is 15.3 Å². The Hall–Kier alpha value is -2.50. The van der Waals surface area contributed by atoms with E-state index in [9.17, 15) is 9.50 Å². The number of aliphatic hydroxyl groups excluding tert-OH is 1. The molecule has 3 N–H and O–H groups in total. The van der Waals surface area contributed by atoms with Crippen molar-refractivity contribution >= 4 is 0 Å². The van der Waals surface area contributed by atoms with Crippen LogP contribution >= 0.6 is 0 Å². The number of H-pyrrole nitrogens is 1. The summed E-state index contributed by atoms with van der Waals surface area (Å²) in [7, 11) is 0. The summed E-state index contributed by atoms with van der Waals surface area (Å²) >= 11 is 0. The Labute approximate surface area is 152 Å². The predicted molar refractivity (Wildman–Crippen MR) is 100 cm³/mol. The van der Waals surface area contributed by atoms with Crippen molar-refractivity contribution in [3.8, 4) is 22.4 Å². The summed E-state index contributed by atoms with van der Waals surface area (Å²) in [4.78, 5) is 7.68. The molecule has 1 fully saturated rings. The van der Waals surface area contributed by atoms with Gasteiger partial charge in [0.25, 0.3) is 0 Å². The molecule has 4 nitrogen and oxygen atoms in total. The van der Waals surface area contributed by atoms with Gasteiger partial charge in [-0.05, 0) is 73.5 Å². The molecule has 0 aliphatic carbocycles. The van der Waals surface area contributed by atoms with E-state index >= 15 is 0 Å². The van der Waals surface area contributed by atoms with Crippen LogP contribution in [0.5, 0.6) is 0 Å². The third kappa shape index (κ3) is 3.16. The summed E-state index contributed by atoms with van der Waals surface area (Å²) in [5, 5.41) is 13.6. The van der Waals surface area contributed by atoms with Gasteiger partial charge in [-0.3, -0.25) is 4.98 Å². The molecule has 1 aliphatic rings. The molecule has 0 amide bonds. The molecular weight excluding hydrogens is 329 g/mol. The molecule has 0 radical (unpaired) electrons. The maximum absolute atomic E-state index is 13.4. The average Bonchev–Trinajstić information content (AvgIpc) is 3.09. The first-order valence-corrected chi connectivity index (χ1v) is 9.00. The molecule has 3 aromatic rings. The lowest BCUT2D eigenvalue weighted by Gasteiger charge is -2.23. The van der Waals surface area contributed by atoms with Crippen molar-refractivity contribution in [2.45, 2.75) is 25.4 Å². The van der Waals surface area contributed by atoms with Gasteiger partial charge in [-0.25, -0.2) is 4.39 Å². The Balaban J connectivity index is 1.90. The molecule has 1 aliphatic heterocycles. The van der Waals surface area contributed by atoms with Crippen LogP contribution < -0.4 is 5.32 Å². The first-order chi connectivity index (χ1) is 12.8. The van der Waals surface area contributed by atoms with Gasteiger partial charge in [-0.15, -0.1) is 0 Å². The van der Waals surface area contributed by atoms with Crippen molar-refractivity contribution in [1.29, 1.82) is 0 Å². The molecule has 2 aromatic heterocycles. The lowest BCUT2D eigenvalue weighted by Crippen LogP contribution is -2.27. The van der Waals surface area contributed by atoms with Crippen LogP contribution in [0.25, 0.3) is 22.4 Å². The van der Waals surface area contributed by atoms with E-state index in [4.69, 9.17) is 0 Å². The van der Waals surface area contributed by atoms with Gasteiger partial charge in [0, 0.05) is 35.1 Å². The number of aromatic nitrogens is 2. The van der Waals surface area contributed by atoms with Gasteiger partial charge < -0.3 is 15.4 Å². The number of hydrogen-bond donors (Lipinski definition) is 3. The maximum Gasteiger partial charge on any atom is 0.123 e. The average molecular weight is 351 g/mol. The Morgan fingerprint density at radius 1 is 1.00 bits per heavy atom. The lowest BCUT2D eigenvalue weighted by molar-refractivity contribution is 0.279. The first-order valence-electron chi connectivity index (χ1n) is 9.00. The minimum absolute atomic E-state index is 0.0331. The minimum atomic E-state index is -0.258. The Morgan fingerprint density at radius 2 is 1.69 bits per heavy atom. The van der Waals surface area contributed by atoms with Gasteiger partial charge in [-0.1, -0.05) is 0 Å². The van der Waals surface area contributed by atoms with Crippen LogP contribution in [0.3, 0.4) is 0 Å². The Kier molecular flexibility index (Phi) is 4.82. The SMILES string of the molecule is OCc1c(C2CCNCC2)[nH]c(-c2ccc(F)cc2)c1-c1ccncc1. The van der Waals surface area contributed by atoms with Crippen molar-refractivity contribution in [3.63, 3.8) is 0 Å². The second-order valence-corrected chi connectivity index (χ2v) is 6.69. The zero-order valence-electron chi connectivity index (χ0n) is 14.5. The van der Waals surface area contributed by atoms with Gasteiger partial charge in [0.1, 0.15) is 5.82 Å². The van der Waals surface area contributed by atoms with Gasteiger partial charge in [0.05, 0.1) is 12.3 Å². The Morgan fingerprint density at radius 3 is 2.35 bits per heavy atom. The number of nitrogens with zero attached hydrogens (tertiary/aromatic N) is 1. The van der Waals surface area contributed by atoms with Crippen molar-refractivity contribution < 1.29 is 9.50 Å². The number of aliphatic hydroxyl groups is 1. The number of hydrogen-bond acceptors (Lipinski definition) is 3. The molecule has 3 heterocycles. The standard InChI is InChI=1S/C21H22FN3O/c22-17-3-1-15(2-4-17)21-19(14-5-9-23-10-6-14)18(13-26)20(25-21)16-7-11-24-12-8-16/h1-6,9-10,16,24-26H,7-8,11-13H2. The van der Waals surface area contributed by atoms with Gasteiger partial charge in [-0.2, -0.15) is 0 Å². The zero-order valence-corrected chi connectivity index (χ0v) is 14.5. The fourth-order valence-corrected chi connectivity index (χ4v) is 3.85. The summed E-state index contributed by atoms with van der Waals surface area (Å²) in [6, 6.07) is 10.4. The maximum atomic E-state index is 13.4. The molecule has 0 unspecified atom stereocenters. The smallest absolute Gasteiger partial charge is 0.123 e. The molecule has 1 saturated heterocycles. The number of benzene rings is 1. The second-order valence-electron chi connectivity index (χ2n) is 6.69. The van der Waals surface area contributed by atoms with Crippen LogP contribution in [0.4, 0.5) is 4.39 Å². The molecule has 0 bridgehead atoms. The molecule has 4 rings (SSSR count). The predicted octanol–water partition coefficient (Wildman–Crippen LogP) is 3.84. The summed E-state index contributed by atoms with van der Waals surface area (Å²) < 4.78 is 13.4. The largest absolute Gasteiger partial charge is 0.392 e. The van der Waals surface area contributed by atoms with Crippen molar-refractivity contribution in [2.75, 3.05) is 13.1 Å². The van der Waals surface area contributed by atoms with Crippen LogP contribution in [0.1, 0.15) is 30.0 Å². The zero-order chi connectivity index (χ0) is 17.9. The highest BCUT2D eigenvalue weighted by atomic mass is 19.1. The van der Waals surface area contributed by atoms with Crippen LogP contribution in [0.15, 0.2) is 48.8 Å². The molecule has 1 aromatic carbocycles. The lowest BCUT2D eigenvalue weighted by atomic mass is 9.90. The van der Waals surface area contributed by atoms with E-state index in [0.29, 0.717) is 5.92 Å². The number of nitrogens with one attached hydrogen (secondary N) is 2. The number of halogens is 1. The van der Waals surface area contributed by atoms with Gasteiger partial charge >= 0.3 is 0 Å². The van der Waals surface area contributed by atoms with E-state index in [1.165, 1.54) is 12.1 Å². The highest BCUT2D eigenvalue weighted by molar-refractivity contribution is 5.85. The normalized spacial score (nSPS) is 15.3. The van der Waals surface area contributed by atoms with E-state index in [-0.39, 0.29) is 12.4 Å². The van der Waals surface area contributed by atoms with Gasteiger partial charge in [0.2, 0.25) is 0 Å². The minimum Gasteiger partial charge on any atom is -0.392 e. The van der Waals surface area contributed by atoms with E-state index < -0.39 is 0 Å². The third-order valence-electron chi connectivity index (χ3n) is 5.14. The fourth-order valence-electron chi connectivity index (χ4n) is 3.85. The number of aromatic amines is 1. The van der Waals surface area contributed by atoms with Crippen LogP contribution in [-0.4, -0.2) is 28.2 Å². The quantitative estimate of drug-likeness (QED) is 0.669. The molecule has 134 valence electrons. The number of rotatable bonds is 4. The van der Waals surface area contributed by atoms with Crippen LogP contribution in [0.2, 0.25) is 0 Å². The molecule has 5 heteroatoms. The first kappa shape index (κ1) is 16.9. The summed E-state index contributed by atoms with van der Waals surface area (Å²) in [6.45, 7) is 1.92. The molecule has 0 spiro atoms. The second kappa shape index (κ2) is 7.40. The van der Waals surface area contributed by atoms with Crippen LogP contribution in [0, 0.1) is 5.82 Å². The van der Waals surface area contributed by atoms with Crippen molar-refractivity contribution in [3.05, 3.63) is 65.9 Å². The molecular formula is C21H22FN3O. The summed E-state index contributed by atoms with van der Waals surface area (Å²) in [6.07, 6.45) is 5.57. The van der Waals surface area contributed by atoms with E-state index in [1.54, 1.807) is 24.5 Å². The highest BCUT2D eigenvalue weighted by Gasteiger charge is 2.25. The number of piperidine rings is 1. The van der Waals surface area contributed by atoms with E-state index in [2.05, 4.69) is 15.3 Å². The highest BCUT2D eigenvalue weighted by Crippen LogP contribution is 2.40. The van der Waals surface area contributed by atoms with Crippen LogP contribution in [-0.2, 0) is 6.61 Å². The molecule has 26 heavy (non-hydrogen) atoms. The Bertz CT molecular complexity index is 868. The van der Waals surface area contributed by atoms with E-state index in [0.717, 1.165) is 59.6 Å². The topological polar surface area (TPSA) is 60.9 Å². The summed E-state index contributed by atoms with van der Waals surface area (Å²) in [5.41, 5.74) is 5.85. The van der Waals surface area contributed by atoms with Crippen molar-refractivity contribution in [2.24, 2.45) is 0 Å². The third-order valence-corrected chi connectivity index (χ3v) is 5.14. The molecule has 0 atom stereocenters. The monoisotopic (exact) mass is 351 g/mol. The molecule has 0 saturated carbocycles. The number of pyridine rings is 1.